The van der Waals surface area contributed by atoms with Gasteiger partial charge in [0.25, 0.3) is 7.82 Å². The molecule has 2 unspecified atom stereocenters. The van der Waals surface area contributed by atoms with Crippen molar-refractivity contribution < 1.29 is 37.3 Å². The average molecular weight is 840 g/mol. The second-order valence-corrected chi connectivity index (χ2v) is 18.9. The van der Waals surface area contributed by atoms with Crippen LogP contribution in [0.2, 0.25) is 0 Å². The van der Waals surface area contributed by atoms with Gasteiger partial charge in [0, 0.05) is 13.0 Å². The number of rotatable bonds is 45. The van der Waals surface area contributed by atoms with Crippen LogP contribution in [-0.2, 0) is 27.9 Å². The van der Waals surface area contributed by atoms with Crippen LogP contribution in [0.1, 0.15) is 213 Å². The first-order chi connectivity index (χ1) is 28.1. The molecule has 2 atom stereocenters. The summed E-state index contributed by atoms with van der Waals surface area (Å²) in [4.78, 5) is 25.1. The Morgan fingerprint density at radius 2 is 0.948 bits per heavy atom. The molecule has 0 aromatic carbocycles. The van der Waals surface area contributed by atoms with Crippen molar-refractivity contribution in [2.75, 3.05) is 54.1 Å². The number of phosphoric acid groups is 1. The summed E-state index contributed by atoms with van der Waals surface area (Å²) in [7, 11) is 1.36. The van der Waals surface area contributed by atoms with Gasteiger partial charge in [-0.15, -0.1) is 0 Å². The van der Waals surface area contributed by atoms with E-state index in [0.29, 0.717) is 24.1 Å². The summed E-state index contributed by atoms with van der Waals surface area (Å²) in [5, 5.41) is 0. The number of allylic oxidation sites excluding steroid dienone is 6. The van der Waals surface area contributed by atoms with E-state index in [9.17, 15) is 14.3 Å². The van der Waals surface area contributed by atoms with E-state index in [1.54, 1.807) is 0 Å². The van der Waals surface area contributed by atoms with Crippen LogP contribution in [0.15, 0.2) is 36.5 Å². The third-order valence-corrected chi connectivity index (χ3v) is 11.4. The highest BCUT2D eigenvalue weighted by atomic mass is 31.2. The smallest absolute Gasteiger partial charge is 0.306 e. The van der Waals surface area contributed by atoms with Crippen molar-refractivity contribution in [3.05, 3.63) is 36.5 Å². The molecule has 8 nitrogen and oxygen atoms in total. The van der Waals surface area contributed by atoms with Crippen LogP contribution >= 0.6 is 7.82 Å². The van der Waals surface area contributed by atoms with Gasteiger partial charge < -0.3 is 27.9 Å². The number of hydrogen-bond donors (Lipinski definition) is 0. The maximum atomic E-state index is 12.7. The standard InChI is InChI=1S/C49H94NO7P/c1-6-8-10-12-14-16-18-20-21-22-23-24-25-26-27-28-29-30-31-33-35-37-39-41-44-54-46-48(47-56-58(52,53)55-45-43-50(3,4)5)57-49(51)42-40-38-36-34-32-19-17-15-13-11-9-7-2/h18,20,22-23,25-26,48H,6-17,19,21,24,27-47H2,1-5H3/b20-18-,23-22-,26-25-. The molecule has 342 valence electrons. The van der Waals surface area contributed by atoms with Crippen molar-refractivity contribution in [3.8, 4) is 0 Å². The lowest BCUT2D eigenvalue weighted by Gasteiger charge is -2.28. The molecular formula is C49H94NO7P. The van der Waals surface area contributed by atoms with E-state index in [0.717, 1.165) is 44.9 Å². The van der Waals surface area contributed by atoms with E-state index in [-0.39, 0.29) is 25.8 Å². The molecule has 0 spiro atoms. The van der Waals surface area contributed by atoms with Crippen LogP contribution in [0.4, 0.5) is 0 Å². The van der Waals surface area contributed by atoms with Crippen molar-refractivity contribution in [1.82, 2.24) is 0 Å². The molecule has 0 heterocycles. The van der Waals surface area contributed by atoms with Gasteiger partial charge in [0.1, 0.15) is 19.3 Å². The maximum Gasteiger partial charge on any atom is 0.306 e. The predicted octanol–water partition coefficient (Wildman–Crippen LogP) is 13.9. The van der Waals surface area contributed by atoms with E-state index in [2.05, 4.69) is 50.3 Å². The SMILES string of the molecule is CCCCCCC/C=C\C/C=C\C/C=C\CCCCCCCCCCCOCC(COP(=O)([O-])OCC[N+](C)(C)C)OC(=O)CCCCCCCCCCCCCC. The minimum Gasteiger partial charge on any atom is -0.756 e. The normalized spacial score (nSPS) is 14.0. The van der Waals surface area contributed by atoms with Gasteiger partial charge in [-0.05, 0) is 51.4 Å². The number of phosphoric ester groups is 1. The fourth-order valence-corrected chi connectivity index (χ4v) is 7.40. The molecule has 0 aliphatic carbocycles. The third-order valence-electron chi connectivity index (χ3n) is 10.4. The highest BCUT2D eigenvalue weighted by Crippen LogP contribution is 2.38. The summed E-state index contributed by atoms with van der Waals surface area (Å²) in [6, 6.07) is 0. The Morgan fingerprint density at radius 3 is 1.41 bits per heavy atom. The molecule has 0 bridgehead atoms. The first-order valence-electron chi connectivity index (χ1n) is 24.2. The topological polar surface area (TPSA) is 94.1 Å². The number of unbranched alkanes of at least 4 members (excludes halogenated alkanes) is 25. The zero-order valence-corrected chi connectivity index (χ0v) is 39.6. The summed E-state index contributed by atoms with van der Waals surface area (Å²) in [5.74, 6) is -0.335. The van der Waals surface area contributed by atoms with Crippen molar-refractivity contribution in [2.45, 2.75) is 219 Å². The molecule has 0 saturated heterocycles. The summed E-state index contributed by atoms with van der Waals surface area (Å²) < 4.78 is 34.6. The number of ether oxygens (including phenoxy) is 2. The number of carbonyl (C=O) groups is 1. The van der Waals surface area contributed by atoms with Crippen LogP contribution < -0.4 is 4.89 Å². The number of hydrogen-bond acceptors (Lipinski definition) is 7. The van der Waals surface area contributed by atoms with Crippen LogP contribution in [0.3, 0.4) is 0 Å². The van der Waals surface area contributed by atoms with Gasteiger partial charge in [0.05, 0.1) is 34.4 Å². The van der Waals surface area contributed by atoms with E-state index >= 15 is 0 Å². The third kappa shape index (κ3) is 45.8. The summed E-state index contributed by atoms with van der Waals surface area (Å²) in [6.07, 6.45) is 50.2. The Morgan fingerprint density at radius 1 is 0.534 bits per heavy atom. The monoisotopic (exact) mass is 840 g/mol. The fourth-order valence-electron chi connectivity index (χ4n) is 6.67. The minimum atomic E-state index is -4.52. The van der Waals surface area contributed by atoms with Crippen molar-refractivity contribution >= 4 is 13.8 Å². The molecule has 0 saturated carbocycles. The van der Waals surface area contributed by atoms with Crippen molar-refractivity contribution in [2.24, 2.45) is 0 Å². The predicted molar refractivity (Wildman–Crippen MR) is 245 cm³/mol. The highest BCUT2D eigenvalue weighted by Gasteiger charge is 2.20. The molecule has 0 aromatic rings. The summed E-state index contributed by atoms with van der Waals surface area (Å²) >= 11 is 0. The zero-order valence-electron chi connectivity index (χ0n) is 38.7. The van der Waals surface area contributed by atoms with Crippen LogP contribution in [0.5, 0.6) is 0 Å². The summed E-state index contributed by atoms with van der Waals surface area (Å²) in [6.45, 7) is 5.40. The second-order valence-electron chi connectivity index (χ2n) is 17.5. The molecule has 0 N–H and O–H groups in total. The quantitative estimate of drug-likeness (QED) is 0.0198. The van der Waals surface area contributed by atoms with Crippen LogP contribution in [0, 0.1) is 0 Å². The Balaban J connectivity index is 4.11. The van der Waals surface area contributed by atoms with Gasteiger partial charge in [0.2, 0.25) is 0 Å². The zero-order chi connectivity index (χ0) is 42.7. The number of likely N-dealkylation sites (N-methyl/N-ethyl adjacent to an activating group) is 1. The average Bonchev–Trinajstić information content (AvgIpc) is 3.18. The van der Waals surface area contributed by atoms with Gasteiger partial charge >= 0.3 is 5.97 Å². The first-order valence-corrected chi connectivity index (χ1v) is 25.7. The molecule has 0 amide bonds. The lowest BCUT2D eigenvalue weighted by molar-refractivity contribution is -0.870. The van der Waals surface area contributed by atoms with Crippen LogP contribution in [-0.4, -0.2) is 70.7 Å². The molecule has 0 aromatic heterocycles. The molecular weight excluding hydrogens is 746 g/mol. The van der Waals surface area contributed by atoms with E-state index < -0.39 is 13.9 Å². The van der Waals surface area contributed by atoms with Gasteiger partial charge in [-0.25, -0.2) is 0 Å². The van der Waals surface area contributed by atoms with Gasteiger partial charge in [0.15, 0.2) is 0 Å². The maximum absolute atomic E-state index is 12.7. The first kappa shape index (κ1) is 56.7. The highest BCUT2D eigenvalue weighted by molar-refractivity contribution is 7.45. The number of carbonyl (C=O) groups excluding carboxylic acids is 1. The molecule has 0 aliphatic heterocycles. The van der Waals surface area contributed by atoms with E-state index in [1.165, 1.54) is 148 Å². The van der Waals surface area contributed by atoms with Crippen LogP contribution in [0.25, 0.3) is 0 Å². The number of nitrogens with zero attached hydrogens (tertiary/aromatic N) is 1. The fraction of sp³-hybridized carbons (Fsp3) is 0.857. The largest absolute Gasteiger partial charge is 0.756 e. The Bertz CT molecular complexity index is 1020. The number of quaternary nitrogens is 1. The molecule has 0 radical (unpaired) electrons. The lowest BCUT2D eigenvalue weighted by Crippen LogP contribution is -2.37. The lowest BCUT2D eigenvalue weighted by atomic mass is 10.0. The van der Waals surface area contributed by atoms with Gasteiger partial charge in [-0.3, -0.25) is 9.36 Å². The van der Waals surface area contributed by atoms with Crippen molar-refractivity contribution in [1.29, 1.82) is 0 Å². The second kappa shape index (κ2) is 42.4. The molecule has 9 heteroatoms. The molecule has 0 aliphatic rings. The van der Waals surface area contributed by atoms with E-state index in [4.69, 9.17) is 18.5 Å². The molecule has 58 heavy (non-hydrogen) atoms. The Hall–Kier alpha value is -1.28. The Kier molecular flexibility index (Phi) is 41.5. The van der Waals surface area contributed by atoms with E-state index in [1.807, 2.05) is 21.1 Å². The summed E-state index contributed by atoms with van der Waals surface area (Å²) in [5.41, 5.74) is 0. The minimum absolute atomic E-state index is 0.0259. The van der Waals surface area contributed by atoms with Gasteiger partial charge in [-0.1, -0.05) is 192 Å². The molecule has 0 fully saturated rings. The van der Waals surface area contributed by atoms with Crippen molar-refractivity contribution in [3.63, 3.8) is 0 Å². The molecule has 0 rings (SSSR count). The van der Waals surface area contributed by atoms with Gasteiger partial charge in [-0.2, -0.15) is 0 Å². The number of esters is 1. The Labute approximate surface area is 359 Å².